The van der Waals surface area contributed by atoms with Crippen LogP contribution in [0.5, 0.6) is 0 Å². The second-order valence-electron chi connectivity index (χ2n) is 3.92. The van der Waals surface area contributed by atoms with E-state index in [0.29, 0.717) is 0 Å². The summed E-state index contributed by atoms with van der Waals surface area (Å²) in [5, 5.41) is 14.4. The van der Waals surface area contributed by atoms with Crippen molar-refractivity contribution in [1.82, 2.24) is 5.32 Å². The lowest BCUT2D eigenvalue weighted by atomic mass is 10.2. The first-order chi connectivity index (χ1) is 6.89. The molecule has 0 aromatic carbocycles. The summed E-state index contributed by atoms with van der Waals surface area (Å²) in [5.41, 5.74) is 7.55. The van der Waals surface area contributed by atoms with Crippen molar-refractivity contribution < 1.29 is 14.6 Å². The third-order valence-corrected chi connectivity index (χ3v) is 1.31. The van der Waals surface area contributed by atoms with E-state index in [2.05, 4.69) is 15.3 Å². The van der Waals surface area contributed by atoms with Crippen molar-refractivity contribution in [3.63, 3.8) is 0 Å². The van der Waals surface area contributed by atoms with Gasteiger partial charge in [0, 0.05) is 11.5 Å². The summed E-state index contributed by atoms with van der Waals surface area (Å²) in [6, 6.07) is -0.664. The van der Waals surface area contributed by atoms with Gasteiger partial charge in [0.2, 0.25) is 0 Å². The van der Waals surface area contributed by atoms with Gasteiger partial charge < -0.3 is 15.2 Å². The van der Waals surface area contributed by atoms with Gasteiger partial charge in [0.1, 0.15) is 5.60 Å². The molecule has 0 aromatic rings. The number of aliphatic hydroxyl groups excluding tert-OH is 1. The fourth-order valence-corrected chi connectivity index (χ4v) is 0.730. The molecular weight excluding hydrogens is 200 g/mol. The summed E-state index contributed by atoms with van der Waals surface area (Å²) in [4.78, 5) is 13.7. The standard InChI is InChI=1S/C8H16N4O3/c1-8(2,3)15-7(14)10-4-6(5-13)11-12-9/h6,13H,4-5H2,1-3H3,(H,10,14). The third-order valence-electron chi connectivity index (χ3n) is 1.31. The van der Waals surface area contributed by atoms with Crippen LogP contribution in [0.25, 0.3) is 10.4 Å². The summed E-state index contributed by atoms with van der Waals surface area (Å²) in [7, 11) is 0. The zero-order valence-corrected chi connectivity index (χ0v) is 9.10. The molecule has 1 amide bonds. The largest absolute Gasteiger partial charge is 0.444 e. The maximum atomic E-state index is 11.1. The quantitative estimate of drug-likeness (QED) is 0.418. The van der Waals surface area contributed by atoms with Gasteiger partial charge in [-0.3, -0.25) is 0 Å². The number of hydrogen-bond acceptors (Lipinski definition) is 4. The number of amides is 1. The number of azide groups is 1. The summed E-state index contributed by atoms with van der Waals surface area (Å²) in [5.74, 6) is 0. The van der Waals surface area contributed by atoms with E-state index in [1.807, 2.05) is 0 Å². The lowest BCUT2D eigenvalue weighted by Crippen LogP contribution is -2.37. The Kier molecular flexibility index (Phi) is 5.51. The first kappa shape index (κ1) is 13.5. The van der Waals surface area contributed by atoms with Crippen LogP contribution in [-0.4, -0.2) is 36.0 Å². The van der Waals surface area contributed by atoms with Crippen LogP contribution < -0.4 is 5.32 Å². The highest BCUT2D eigenvalue weighted by Crippen LogP contribution is 2.06. The molecule has 0 rings (SSSR count). The normalized spacial score (nSPS) is 12.5. The fourth-order valence-electron chi connectivity index (χ4n) is 0.730. The van der Waals surface area contributed by atoms with Gasteiger partial charge in [-0.2, -0.15) is 0 Å². The summed E-state index contributed by atoms with van der Waals surface area (Å²) >= 11 is 0. The molecule has 0 saturated heterocycles. The second kappa shape index (κ2) is 6.10. The fraction of sp³-hybridized carbons (Fsp3) is 0.875. The molecule has 1 unspecified atom stereocenters. The van der Waals surface area contributed by atoms with Crippen LogP contribution in [-0.2, 0) is 4.74 Å². The Morgan fingerprint density at radius 3 is 2.67 bits per heavy atom. The average Bonchev–Trinajstić information content (AvgIpc) is 2.09. The summed E-state index contributed by atoms with van der Waals surface area (Å²) < 4.78 is 4.94. The first-order valence-corrected chi connectivity index (χ1v) is 4.51. The summed E-state index contributed by atoms with van der Waals surface area (Å²) in [6.07, 6.45) is -0.603. The van der Waals surface area contributed by atoms with Crippen molar-refractivity contribution >= 4 is 6.09 Å². The van der Waals surface area contributed by atoms with Crippen molar-refractivity contribution in [3.8, 4) is 0 Å². The molecule has 0 heterocycles. The lowest BCUT2D eigenvalue weighted by Gasteiger charge is -2.20. The molecule has 0 spiro atoms. The van der Waals surface area contributed by atoms with E-state index in [9.17, 15) is 4.79 Å². The van der Waals surface area contributed by atoms with Gasteiger partial charge in [0.25, 0.3) is 0 Å². The molecule has 2 N–H and O–H groups in total. The molecule has 0 aliphatic rings. The topological polar surface area (TPSA) is 107 Å². The van der Waals surface area contributed by atoms with E-state index >= 15 is 0 Å². The van der Waals surface area contributed by atoms with Crippen molar-refractivity contribution in [3.05, 3.63) is 10.4 Å². The second-order valence-corrected chi connectivity index (χ2v) is 3.92. The summed E-state index contributed by atoms with van der Waals surface area (Å²) in [6.45, 7) is 4.95. The Morgan fingerprint density at radius 2 is 2.27 bits per heavy atom. The van der Waals surface area contributed by atoms with Gasteiger partial charge in [0.15, 0.2) is 0 Å². The molecular formula is C8H16N4O3. The molecule has 0 aromatic heterocycles. The minimum Gasteiger partial charge on any atom is -0.444 e. The maximum Gasteiger partial charge on any atom is 0.407 e. The lowest BCUT2D eigenvalue weighted by molar-refractivity contribution is 0.0521. The molecule has 7 nitrogen and oxygen atoms in total. The molecule has 15 heavy (non-hydrogen) atoms. The molecule has 0 bridgehead atoms. The van der Waals surface area contributed by atoms with Gasteiger partial charge >= 0.3 is 6.09 Å². The Morgan fingerprint density at radius 1 is 1.67 bits per heavy atom. The highest BCUT2D eigenvalue weighted by Gasteiger charge is 2.16. The number of nitrogens with one attached hydrogen (secondary N) is 1. The van der Waals surface area contributed by atoms with E-state index in [1.54, 1.807) is 20.8 Å². The number of nitrogens with zero attached hydrogens (tertiary/aromatic N) is 3. The smallest absolute Gasteiger partial charge is 0.407 e. The van der Waals surface area contributed by atoms with Crippen LogP contribution in [0.1, 0.15) is 20.8 Å². The number of alkyl carbamates (subject to hydrolysis) is 1. The minimum absolute atomic E-state index is 0.0511. The molecule has 86 valence electrons. The highest BCUT2D eigenvalue weighted by atomic mass is 16.6. The number of rotatable bonds is 4. The van der Waals surface area contributed by atoms with E-state index in [1.165, 1.54) is 0 Å². The van der Waals surface area contributed by atoms with Gasteiger partial charge in [-0.05, 0) is 26.3 Å². The van der Waals surface area contributed by atoms with Gasteiger partial charge in [-0.1, -0.05) is 5.11 Å². The molecule has 7 heteroatoms. The van der Waals surface area contributed by atoms with E-state index < -0.39 is 17.7 Å². The highest BCUT2D eigenvalue weighted by molar-refractivity contribution is 5.67. The SMILES string of the molecule is CC(C)(C)OC(=O)NCC(CO)N=[N+]=[N-]. The maximum absolute atomic E-state index is 11.1. The Labute approximate surface area is 88.0 Å². The van der Waals surface area contributed by atoms with Crippen LogP contribution >= 0.6 is 0 Å². The molecule has 0 fully saturated rings. The molecule has 0 aliphatic heterocycles. The van der Waals surface area contributed by atoms with Gasteiger partial charge in [-0.25, -0.2) is 4.79 Å². The number of ether oxygens (including phenoxy) is 1. The molecule has 0 radical (unpaired) electrons. The number of carbonyl (C=O) groups excluding carboxylic acids is 1. The van der Waals surface area contributed by atoms with Crippen LogP contribution in [0.15, 0.2) is 5.11 Å². The first-order valence-electron chi connectivity index (χ1n) is 4.51. The monoisotopic (exact) mass is 216 g/mol. The van der Waals surface area contributed by atoms with E-state index in [-0.39, 0.29) is 13.2 Å². The van der Waals surface area contributed by atoms with Crippen LogP contribution in [0, 0.1) is 0 Å². The third kappa shape index (κ3) is 7.60. The molecule has 0 aliphatic carbocycles. The van der Waals surface area contributed by atoms with Crippen molar-refractivity contribution in [2.75, 3.05) is 13.2 Å². The predicted molar refractivity (Wildman–Crippen MR) is 54.3 cm³/mol. The number of carbonyl (C=O) groups is 1. The Hall–Kier alpha value is -1.46. The van der Waals surface area contributed by atoms with Gasteiger partial charge in [0.05, 0.1) is 12.6 Å². The molecule has 0 saturated carbocycles. The van der Waals surface area contributed by atoms with E-state index in [0.717, 1.165) is 0 Å². The van der Waals surface area contributed by atoms with Crippen LogP contribution in [0.3, 0.4) is 0 Å². The Bertz CT molecular complexity index is 255. The Balaban J connectivity index is 3.94. The number of aliphatic hydroxyl groups is 1. The van der Waals surface area contributed by atoms with Crippen molar-refractivity contribution in [1.29, 1.82) is 0 Å². The van der Waals surface area contributed by atoms with Gasteiger partial charge in [-0.15, -0.1) is 0 Å². The zero-order chi connectivity index (χ0) is 11.9. The molecule has 1 atom stereocenters. The minimum atomic E-state index is -0.664. The van der Waals surface area contributed by atoms with Crippen LogP contribution in [0.4, 0.5) is 4.79 Å². The average molecular weight is 216 g/mol. The van der Waals surface area contributed by atoms with E-state index in [4.69, 9.17) is 15.4 Å². The van der Waals surface area contributed by atoms with Crippen LogP contribution in [0.2, 0.25) is 0 Å². The number of hydrogen-bond donors (Lipinski definition) is 2. The predicted octanol–water partition coefficient (Wildman–Crippen LogP) is 1.18. The van der Waals surface area contributed by atoms with Crippen molar-refractivity contribution in [2.45, 2.75) is 32.4 Å². The zero-order valence-electron chi connectivity index (χ0n) is 9.10. The van der Waals surface area contributed by atoms with Crippen molar-refractivity contribution in [2.24, 2.45) is 5.11 Å².